The molecule has 3 rings (SSSR count). The lowest BCUT2D eigenvalue weighted by atomic mass is 9.87. The van der Waals surface area contributed by atoms with Crippen molar-refractivity contribution in [2.24, 2.45) is 0 Å². The van der Waals surface area contributed by atoms with Gasteiger partial charge in [-0.3, -0.25) is 9.59 Å². The number of fused-ring (bicyclic) bond motifs is 1. The van der Waals surface area contributed by atoms with Gasteiger partial charge in [0.15, 0.2) is 5.78 Å². The molecule has 1 heterocycles. The third-order valence-corrected chi connectivity index (χ3v) is 3.80. The molecule has 0 aliphatic carbocycles. The van der Waals surface area contributed by atoms with Gasteiger partial charge in [-0.1, -0.05) is 48.0 Å². The smallest absolute Gasteiger partial charge is 0.311 e. The van der Waals surface area contributed by atoms with Crippen LogP contribution in [0.15, 0.2) is 48.5 Å². The van der Waals surface area contributed by atoms with E-state index in [4.69, 9.17) is 4.74 Å². The van der Waals surface area contributed by atoms with Crippen LogP contribution < -0.4 is 4.74 Å². The van der Waals surface area contributed by atoms with Crippen LogP contribution in [0.25, 0.3) is 0 Å². The van der Waals surface area contributed by atoms with Crippen LogP contribution in [0.3, 0.4) is 0 Å². The third-order valence-electron chi connectivity index (χ3n) is 3.80. The quantitative estimate of drug-likeness (QED) is 0.489. The van der Waals surface area contributed by atoms with Gasteiger partial charge >= 0.3 is 5.97 Å². The van der Waals surface area contributed by atoms with E-state index in [1.54, 1.807) is 6.07 Å². The molecule has 1 aliphatic heterocycles. The predicted octanol–water partition coefficient (Wildman–Crippen LogP) is 3.66. The van der Waals surface area contributed by atoms with E-state index < -0.39 is 0 Å². The summed E-state index contributed by atoms with van der Waals surface area (Å²) < 4.78 is 5.21. The molecule has 0 amide bonds. The number of benzene rings is 2. The maximum Gasteiger partial charge on any atom is 0.311 e. The van der Waals surface area contributed by atoms with Crippen molar-refractivity contribution in [3.63, 3.8) is 0 Å². The second kappa shape index (κ2) is 5.52. The van der Waals surface area contributed by atoms with Crippen molar-refractivity contribution in [1.82, 2.24) is 0 Å². The fraction of sp³-hybridized carbons (Fsp3) is 0.222. The zero-order valence-corrected chi connectivity index (χ0v) is 11.8. The normalized spacial score (nSPS) is 17.0. The Bertz CT molecular complexity index is 686. The van der Waals surface area contributed by atoms with Crippen LogP contribution >= 0.6 is 0 Å². The van der Waals surface area contributed by atoms with Crippen LogP contribution in [0.5, 0.6) is 5.75 Å². The number of aryl methyl sites for hydroxylation is 1. The zero-order valence-electron chi connectivity index (χ0n) is 11.8. The Morgan fingerprint density at radius 1 is 1.14 bits per heavy atom. The number of Topliss-reactive ketones (excluding diaryl/α,β-unsaturated/α-hetero) is 1. The largest absolute Gasteiger partial charge is 0.426 e. The van der Waals surface area contributed by atoms with Crippen LogP contribution in [0.1, 0.15) is 40.2 Å². The van der Waals surface area contributed by atoms with E-state index in [2.05, 4.69) is 0 Å². The lowest BCUT2D eigenvalue weighted by molar-refractivity contribution is -0.135. The van der Waals surface area contributed by atoms with Gasteiger partial charge in [-0.25, -0.2) is 0 Å². The molecule has 0 fully saturated rings. The first-order valence-corrected chi connectivity index (χ1v) is 7.03. The molecule has 1 aliphatic rings. The molecular weight excluding hydrogens is 264 g/mol. The number of ether oxygens (including phenoxy) is 1. The van der Waals surface area contributed by atoms with Gasteiger partial charge in [0.25, 0.3) is 0 Å². The van der Waals surface area contributed by atoms with Crippen molar-refractivity contribution < 1.29 is 14.3 Å². The summed E-state index contributed by atoms with van der Waals surface area (Å²) in [7, 11) is 0. The van der Waals surface area contributed by atoms with Gasteiger partial charge in [0.05, 0.1) is 6.42 Å². The van der Waals surface area contributed by atoms with Crippen molar-refractivity contribution in [1.29, 1.82) is 0 Å². The van der Waals surface area contributed by atoms with Crippen LogP contribution in [0, 0.1) is 6.92 Å². The summed E-state index contributed by atoms with van der Waals surface area (Å²) in [6.07, 6.45) is 0.587. The number of carbonyl (C=O) groups is 2. The highest BCUT2D eigenvalue weighted by molar-refractivity contribution is 5.97. The fourth-order valence-electron chi connectivity index (χ4n) is 2.65. The number of para-hydroxylation sites is 1. The molecule has 2 aromatic carbocycles. The molecule has 0 bridgehead atoms. The van der Waals surface area contributed by atoms with Crippen LogP contribution in [-0.2, 0) is 4.79 Å². The first-order valence-electron chi connectivity index (χ1n) is 7.03. The number of hydrogen-bond donors (Lipinski definition) is 0. The Morgan fingerprint density at radius 2 is 1.86 bits per heavy atom. The summed E-state index contributed by atoms with van der Waals surface area (Å²) in [4.78, 5) is 24.1. The van der Waals surface area contributed by atoms with Crippen molar-refractivity contribution in [3.8, 4) is 5.75 Å². The standard InChI is InChI=1S/C18H16O3/c1-12-6-8-13(9-7-12)16(19)10-14-11-18(20)21-17-5-3-2-4-15(14)17/h2-9,14H,10-11H2,1H3. The van der Waals surface area contributed by atoms with E-state index in [9.17, 15) is 9.59 Å². The topological polar surface area (TPSA) is 43.4 Å². The lowest BCUT2D eigenvalue weighted by Crippen LogP contribution is -2.22. The van der Waals surface area contributed by atoms with Crippen LogP contribution in [0.2, 0.25) is 0 Å². The Kier molecular flexibility index (Phi) is 3.57. The van der Waals surface area contributed by atoms with E-state index in [-0.39, 0.29) is 24.1 Å². The highest BCUT2D eigenvalue weighted by Gasteiger charge is 2.28. The Labute approximate surface area is 123 Å². The molecule has 2 aromatic rings. The van der Waals surface area contributed by atoms with Crippen LogP contribution in [-0.4, -0.2) is 11.8 Å². The highest BCUT2D eigenvalue weighted by Crippen LogP contribution is 2.36. The van der Waals surface area contributed by atoms with E-state index in [1.807, 2.05) is 49.4 Å². The van der Waals surface area contributed by atoms with Gasteiger partial charge in [0.2, 0.25) is 0 Å². The number of esters is 1. The number of rotatable bonds is 3. The second-order valence-electron chi connectivity index (χ2n) is 5.41. The minimum atomic E-state index is -0.268. The van der Waals surface area contributed by atoms with E-state index in [0.717, 1.165) is 11.1 Å². The maximum atomic E-state index is 12.4. The molecule has 21 heavy (non-hydrogen) atoms. The number of carbonyl (C=O) groups excluding carboxylic acids is 2. The summed E-state index contributed by atoms with van der Waals surface area (Å²) in [5.74, 6) is 0.270. The monoisotopic (exact) mass is 280 g/mol. The molecule has 1 unspecified atom stereocenters. The fourth-order valence-corrected chi connectivity index (χ4v) is 2.65. The minimum Gasteiger partial charge on any atom is -0.426 e. The first-order chi connectivity index (χ1) is 10.1. The van der Waals surface area contributed by atoms with E-state index in [0.29, 0.717) is 17.7 Å². The highest BCUT2D eigenvalue weighted by atomic mass is 16.5. The van der Waals surface area contributed by atoms with E-state index >= 15 is 0 Å². The molecule has 0 saturated heterocycles. The Hall–Kier alpha value is -2.42. The molecule has 1 atom stereocenters. The van der Waals surface area contributed by atoms with Gasteiger partial charge in [0.1, 0.15) is 5.75 Å². The van der Waals surface area contributed by atoms with Gasteiger partial charge in [-0.15, -0.1) is 0 Å². The number of hydrogen-bond acceptors (Lipinski definition) is 3. The zero-order chi connectivity index (χ0) is 14.8. The average molecular weight is 280 g/mol. The van der Waals surface area contributed by atoms with Gasteiger partial charge in [-0.05, 0) is 18.6 Å². The Morgan fingerprint density at radius 3 is 2.62 bits per heavy atom. The molecule has 0 spiro atoms. The van der Waals surface area contributed by atoms with Crippen LogP contribution in [0.4, 0.5) is 0 Å². The molecule has 0 aromatic heterocycles. The second-order valence-corrected chi connectivity index (χ2v) is 5.41. The summed E-state index contributed by atoms with van der Waals surface area (Å²) in [5, 5.41) is 0. The van der Waals surface area contributed by atoms with E-state index in [1.165, 1.54) is 0 Å². The van der Waals surface area contributed by atoms with Gasteiger partial charge in [-0.2, -0.15) is 0 Å². The summed E-state index contributed by atoms with van der Waals surface area (Å²) >= 11 is 0. The Balaban J connectivity index is 1.83. The van der Waals surface area contributed by atoms with Gasteiger partial charge in [0, 0.05) is 17.9 Å². The maximum absolute atomic E-state index is 12.4. The molecule has 3 heteroatoms. The molecular formula is C18H16O3. The summed E-state index contributed by atoms with van der Waals surface area (Å²) in [5.41, 5.74) is 2.76. The summed E-state index contributed by atoms with van der Waals surface area (Å²) in [6.45, 7) is 1.99. The SMILES string of the molecule is Cc1ccc(C(=O)CC2CC(=O)Oc3ccccc32)cc1. The van der Waals surface area contributed by atoms with Crippen molar-refractivity contribution >= 4 is 11.8 Å². The van der Waals surface area contributed by atoms with Crippen molar-refractivity contribution in [3.05, 3.63) is 65.2 Å². The molecule has 0 radical (unpaired) electrons. The molecule has 0 N–H and O–H groups in total. The molecule has 106 valence electrons. The van der Waals surface area contributed by atoms with Crippen molar-refractivity contribution in [2.75, 3.05) is 0 Å². The lowest BCUT2D eigenvalue weighted by Gasteiger charge is -2.23. The molecule has 0 saturated carbocycles. The van der Waals surface area contributed by atoms with Crippen molar-refractivity contribution in [2.45, 2.75) is 25.7 Å². The predicted molar refractivity (Wildman–Crippen MR) is 79.6 cm³/mol. The van der Waals surface area contributed by atoms with Gasteiger partial charge < -0.3 is 4.74 Å². The third kappa shape index (κ3) is 2.87. The average Bonchev–Trinajstić information content (AvgIpc) is 2.47. The first kappa shape index (κ1) is 13.6. The number of ketones is 1. The minimum absolute atomic E-state index is 0.0597. The molecule has 3 nitrogen and oxygen atoms in total. The summed E-state index contributed by atoms with van der Waals surface area (Å²) in [6, 6.07) is 15.0.